The van der Waals surface area contributed by atoms with Crippen molar-refractivity contribution < 1.29 is 14.4 Å². The molecule has 5 heteroatoms. The van der Waals surface area contributed by atoms with Gasteiger partial charge in [0.2, 0.25) is 11.8 Å². The highest BCUT2D eigenvalue weighted by Crippen LogP contribution is 2.54. The topological polar surface area (TPSA) is 66.5 Å². The molecule has 0 atom stereocenters. The molecule has 98 valence electrons. The van der Waals surface area contributed by atoms with Crippen LogP contribution in [0.1, 0.15) is 39.5 Å². The Morgan fingerprint density at radius 3 is 2.22 bits per heavy atom. The van der Waals surface area contributed by atoms with Gasteiger partial charge in [0.05, 0.1) is 0 Å². The van der Waals surface area contributed by atoms with Crippen LogP contribution in [0.3, 0.4) is 0 Å². The molecule has 5 nitrogen and oxygen atoms in total. The summed E-state index contributed by atoms with van der Waals surface area (Å²) in [6.45, 7) is 4.71. The van der Waals surface area contributed by atoms with Crippen LogP contribution >= 0.6 is 0 Å². The fraction of sp³-hybridized carbons (Fsp3) is 0.769. The first-order chi connectivity index (χ1) is 8.41. The summed E-state index contributed by atoms with van der Waals surface area (Å²) >= 11 is 0. The van der Waals surface area contributed by atoms with Crippen molar-refractivity contribution in [3.05, 3.63) is 0 Å². The predicted molar refractivity (Wildman–Crippen MR) is 63.4 cm³/mol. The maximum atomic E-state index is 12.3. The minimum Gasteiger partial charge on any atom is -0.277 e. The molecule has 0 aromatic rings. The van der Waals surface area contributed by atoms with Crippen LogP contribution in [0.15, 0.2) is 0 Å². The third-order valence-corrected chi connectivity index (χ3v) is 4.89. The summed E-state index contributed by atoms with van der Waals surface area (Å²) in [7, 11) is 0. The minimum absolute atomic E-state index is 0.0868. The largest absolute Gasteiger partial charge is 0.330 e. The van der Waals surface area contributed by atoms with Gasteiger partial charge in [0.1, 0.15) is 5.41 Å². The Kier molecular flexibility index (Phi) is 2.17. The molecule has 0 radical (unpaired) electrons. The van der Waals surface area contributed by atoms with Crippen molar-refractivity contribution in [1.82, 2.24) is 10.2 Å². The monoisotopic (exact) mass is 250 g/mol. The average molecular weight is 250 g/mol. The van der Waals surface area contributed by atoms with Gasteiger partial charge in [0.25, 0.3) is 0 Å². The molecular formula is C13H18N2O3. The highest BCUT2D eigenvalue weighted by molar-refractivity contribution is 6.20. The Morgan fingerprint density at radius 1 is 1.17 bits per heavy atom. The van der Waals surface area contributed by atoms with Crippen LogP contribution in [-0.4, -0.2) is 29.3 Å². The molecule has 1 spiro atoms. The summed E-state index contributed by atoms with van der Waals surface area (Å²) in [6, 6.07) is -0.533. The first-order valence-electron chi connectivity index (χ1n) is 6.59. The smallest absolute Gasteiger partial charge is 0.277 e. The Labute approximate surface area is 106 Å². The van der Waals surface area contributed by atoms with Crippen LogP contribution in [0.5, 0.6) is 0 Å². The van der Waals surface area contributed by atoms with Crippen molar-refractivity contribution in [1.29, 1.82) is 0 Å². The quantitative estimate of drug-likeness (QED) is 0.767. The van der Waals surface area contributed by atoms with E-state index in [1.54, 1.807) is 0 Å². The lowest BCUT2D eigenvalue weighted by atomic mass is 9.90. The summed E-state index contributed by atoms with van der Waals surface area (Å²) in [6.07, 6.45) is 3.28. The van der Waals surface area contributed by atoms with E-state index in [-0.39, 0.29) is 11.3 Å². The van der Waals surface area contributed by atoms with E-state index in [9.17, 15) is 14.4 Å². The van der Waals surface area contributed by atoms with Gasteiger partial charge in [-0.3, -0.25) is 19.8 Å². The van der Waals surface area contributed by atoms with Gasteiger partial charge in [-0.2, -0.15) is 0 Å². The highest BCUT2D eigenvalue weighted by atomic mass is 16.2. The number of amides is 4. The zero-order chi connectivity index (χ0) is 13.1. The van der Waals surface area contributed by atoms with Gasteiger partial charge in [-0.1, -0.05) is 13.8 Å². The van der Waals surface area contributed by atoms with Crippen molar-refractivity contribution in [3.8, 4) is 0 Å². The van der Waals surface area contributed by atoms with Gasteiger partial charge in [-0.25, -0.2) is 4.79 Å². The van der Waals surface area contributed by atoms with E-state index in [0.717, 1.165) is 12.8 Å². The van der Waals surface area contributed by atoms with Crippen LogP contribution in [0, 0.1) is 16.7 Å². The molecule has 0 bridgehead atoms. The fourth-order valence-corrected chi connectivity index (χ4v) is 2.83. The van der Waals surface area contributed by atoms with Crippen molar-refractivity contribution in [2.24, 2.45) is 16.7 Å². The van der Waals surface area contributed by atoms with Crippen LogP contribution in [0.2, 0.25) is 0 Å². The summed E-state index contributed by atoms with van der Waals surface area (Å²) in [5.74, 6) is -0.225. The van der Waals surface area contributed by atoms with E-state index in [1.165, 1.54) is 4.90 Å². The molecule has 3 rings (SSSR count). The standard InChI is InChI=1S/C13H18N2O3/c1-8(2)12(3-4-12)7-15-10(17)13(5-6-13)9(16)14-11(15)18/h8H,3-7H2,1-2H3,(H,14,16,18). The van der Waals surface area contributed by atoms with Crippen molar-refractivity contribution in [2.75, 3.05) is 6.54 Å². The van der Waals surface area contributed by atoms with E-state index in [0.29, 0.717) is 25.3 Å². The molecule has 18 heavy (non-hydrogen) atoms. The van der Waals surface area contributed by atoms with Crippen LogP contribution < -0.4 is 5.32 Å². The van der Waals surface area contributed by atoms with Crippen LogP contribution in [0.25, 0.3) is 0 Å². The van der Waals surface area contributed by atoms with E-state index < -0.39 is 17.4 Å². The number of rotatable bonds is 3. The second-order valence-electron chi connectivity index (χ2n) is 6.25. The van der Waals surface area contributed by atoms with E-state index in [4.69, 9.17) is 0 Å². The van der Waals surface area contributed by atoms with E-state index in [1.807, 2.05) is 0 Å². The number of hydrogen-bond acceptors (Lipinski definition) is 3. The molecule has 1 N–H and O–H groups in total. The Morgan fingerprint density at radius 2 is 1.78 bits per heavy atom. The molecule has 0 unspecified atom stereocenters. The van der Waals surface area contributed by atoms with Gasteiger partial charge in [0, 0.05) is 6.54 Å². The molecule has 0 aromatic carbocycles. The van der Waals surface area contributed by atoms with Crippen LogP contribution in [0.4, 0.5) is 4.79 Å². The Balaban J connectivity index is 1.81. The van der Waals surface area contributed by atoms with Crippen molar-refractivity contribution >= 4 is 17.8 Å². The molecule has 1 aliphatic heterocycles. The second kappa shape index (κ2) is 3.33. The lowest BCUT2D eigenvalue weighted by Crippen LogP contribution is -2.60. The number of hydrogen-bond donors (Lipinski definition) is 1. The lowest BCUT2D eigenvalue weighted by Gasteiger charge is -2.34. The molecule has 0 aromatic heterocycles. The molecule has 1 saturated heterocycles. The average Bonchev–Trinajstić information content (AvgIpc) is 3.17. The Bertz CT molecular complexity index is 447. The molecule has 1 heterocycles. The van der Waals surface area contributed by atoms with Crippen molar-refractivity contribution in [2.45, 2.75) is 39.5 Å². The fourth-order valence-electron chi connectivity index (χ4n) is 2.83. The zero-order valence-electron chi connectivity index (χ0n) is 10.8. The first kappa shape index (κ1) is 11.7. The normalized spacial score (nSPS) is 27.7. The number of carbonyl (C=O) groups excluding carboxylic acids is 3. The SMILES string of the molecule is CC(C)C1(CN2C(=O)NC(=O)C3(CC3)C2=O)CC1. The third-order valence-electron chi connectivity index (χ3n) is 4.89. The summed E-state index contributed by atoms with van der Waals surface area (Å²) < 4.78 is 0. The van der Waals surface area contributed by atoms with Gasteiger partial charge in [0.15, 0.2) is 0 Å². The molecule has 3 fully saturated rings. The van der Waals surface area contributed by atoms with Gasteiger partial charge in [-0.05, 0) is 37.0 Å². The number of imide groups is 2. The van der Waals surface area contributed by atoms with Gasteiger partial charge < -0.3 is 0 Å². The summed E-state index contributed by atoms with van der Waals surface area (Å²) in [5, 5.41) is 2.33. The maximum Gasteiger partial charge on any atom is 0.330 e. The van der Waals surface area contributed by atoms with Crippen LogP contribution in [-0.2, 0) is 9.59 Å². The molecule has 3 aliphatic rings. The maximum absolute atomic E-state index is 12.3. The number of nitrogens with zero attached hydrogens (tertiary/aromatic N) is 1. The third kappa shape index (κ3) is 1.42. The number of barbiturate groups is 1. The van der Waals surface area contributed by atoms with Gasteiger partial charge in [-0.15, -0.1) is 0 Å². The lowest BCUT2D eigenvalue weighted by molar-refractivity contribution is -0.145. The van der Waals surface area contributed by atoms with Crippen molar-refractivity contribution in [3.63, 3.8) is 0 Å². The zero-order valence-corrected chi connectivity index (χ0v) is 10.8. The minimum atomic E-state index is -0.902. The molecule has 2 saturated carbocycles. The van der Waals surface area contributed by atoms with Gasteiger partial charge >= 0.3 is 6.03 Å². The molecular weight excluding hydrogens is 232 g/mol. The predicted octanol–water partition coefficient (Wildman–Crippen LogP) is 1.28. The van der Waals surface area contributed by atoms with E-state index >= 15 is 0 Å². The number of urea groups is 1. The van der Waals surface area contributed by atoms with E-state index in [2.05, 4.69) is 19.2 Å². The first-order valence-corrected chi connectivity index (χ1v) is 6.59. The second-order valence-corrected chi connectivity index (χ2v) is 6.25. The molecule has 2 aliphatic carbocycles. The number of carbonyl (C=O) groups is 3. The summed E-state index contributed by atoms with van der Waals surface area (Å²) in [4.78, 5) is 37.1. The molecule has 4 amide bonds. The number of nitrogens with one attached hydrogen (secondary N) is 1. The highest BCUT2D eigenvalue weighted by Gasteiger charge is 2.63. The Hall–Kier alpha value is -1.39. The summed E-state index contributed by atoms with van der Waals surface area (Å²) in [5.41, 5.74) is -0.815.